The number of benzene rings is 1. The molecule has 0 saturated carbocycles. The van der Waals surface area contributed by atoms with Crippen molar-refractivity contribution in [2.24, 2.45) is 11.7 Å². The van der Waals surface area contributed by atoms with Crippen LogP contribution in [0.25, 0.3) is 0 Å². The third-order valence-corrected chi connectivity index (χ3v) is 5.85. The minimum atomic E-state index is -0.851. The largest absolute Gasteiger partial charge is 0.466 e. The van der Waals surface area contributed by atoms with E-state index in [9.17, 15) is 9.90 Å². The maximum Gasteiger partial charge on any atom is 0.293 e. The Morgan fingerprint density at radius 3 is 2.73 bits per heavy atom. The molecule has 0 aliphatic heterocycles. The van der Waals surface area contributed by atoms with Crippen LogP contribution in [0.2, 0.25) is 0 Å². The van der Waals surface area contributed by atoms with Crippen LogP contribution in [0, 0.1) is 5.92 Å². The lowest BCUT2D eigenvalue weighted by atomic mass is 9.73. The number of hydrogen-bond donors (Lipinski definition) is 2. The minimum Gasteiger partial charge on any atom is -0.466 e. The molecule has 1 aliphatic carbocycles. The molecule has 1 aliphatic rings. The monoisotopic (exact) mass is 361 g/mol. The van der Waals surface area contributed by atoms with Crippen LogP contribution < -0.4 is 5.73 Å². The van der Waals surface area contributed by atoms with E-state index in [2.05, 4.69) is 25.1 Å². The van der Waals surface area contributed by atoms with Crippen molar-refractivity contribution < 1.29 is 14.6 Å². The Hall–Kier alpha value is -1.39. The lowest BCUT2D eigenvalue weighted by molar-refractivity contribution is -0.131. The first-order chi connectivity index (χ1) is 12.6. The fourth-order valence-electron chi connectivity index (χ4n) is 4.05. The van der Waals surface area contributed by atoms with E-state index in [1.165, 1.54) is 55.2 Å². The van der Waals surface area contributed by atoms with E-state index in [0.717, 1.165) is 25.7 Å². The van der Waals surface area contributed by atoms with Crippen LogP contribution in [0.3, 0.4) is 0 Å². The number of rotatable bonds is 12. The van der Waals surface area contributed by atoms with Gasteiger partial charge in [0.2, 0.25) is 0 Å². The van der Waals surface area contributed by atoms with E-state index < -0.39 is 5.54 Å². The number of nitrogens with two attached hydrogens (primary N) is 1. The SMILES string of the molecule is CCCCCCCCc1ccc2c(c1)CCC(C(N)(CO)COC=O)C2. The molecule has 0 spiro atoms. The number of ether oxygens (including phenoxy) is 1. The maximum atomic E-state index is 10.5. The van der Waals surface area contributed by atoms with Gasteiger partial charge in [-0.2, -0.15) is 0 Å². The second-order valence-electron chi connectivity index (χ2n) is 7.86. The van der Waals surface area contributed by atoms with Gasteiger partial charge < -0.3 is 15.6 Å². The Morgan fingerprint density at radius 1 is 1.23 bits per heavy atom. The molecule has 2 atom stereocenters. The molecule has 1 aromatic rings. The van der Waals surface area contributed by atoms with Gasteiger partial charge in [0.05, 0.1) is 12.1 Å². The van der Waals surface area contributed by atoms with Crippen molar-refractivity contribution in [2.45, 2.75) is 76.7 Å². The number of carbonyl (C=O) groups excluding carboxylic acids is 1. The normalized spacial score (nSPS) is 18.8. The molecule has 0 fully saturated rings. The molecule has 0 heterocycles. The molecule has 4 nitrogen and oxygen atoms in total. The Kier molecular flexibility index (Phi) is 8.60. The molecule has 26 heavy (non-hydrogen) atoms. The summed E-state index contributed by atoms with van der Waals surface area (Å²) < 4.78 is 4.86. The Balaban J connectivity index is 1.89. The summed E-state index contributed by atoms with van der Waals surface area (Å²) in [5.74, 6) is 0.129. The summed E-state index contributed by atoms with van der Waals surface area (Å²) in [6.45, 7) is 2.56. The highest BCUT2D eigenvalue weighted by atomic mass is 16.5. The molecule has 0 amide bonds. The zero-order valence-electron chi connectivity index (χ0n) is 16.2. The second-order valence-corrected chi connectivity index (χ2v) is 7.86. The highest BCUT2D eigenvalue weighted by Crippen LogP contribution is 2.32. The fraction of sp³-hybridized carbons (Fsp3) is 0.682. The van der Waals surface area contributed by atoms with Gasteiger partial charge >= 0.3 is 0 Å². The van der Waals surface area contributed by atoms with Crippen molar-refractivity contribution in [2.75, 3.05) is 13.2 Å². The lowest BCUT2D eigenvalue weighted by Crippen LogP contribution is -2.55. The maximum absolute atomic E-state index is 10.5. The predicted octanol–water partition coefficient (Wildman–Crippen LogP) is 3.56. The van der Waals surface area contributed by atoms with Crippen LogP contribution in [0.1, 0.15) is 68.6 Å². The predicted molar refractivity (Wildman–Crippen MR) is 105 cm³/mol. The summed E-state index contributed by atoms with van der Waals surface area (Å²) in [5, 5.41) is 9.71. The lowest BCUT2D eigenvalue weighted by Gasteiger charge is -2.38. The second kappa shape index (κ2) is 10.7. The number of fused-ring (bicyclic) bond motifs is 1. The van der Waals surface area contributed by atoms with Crippen LogP contribution in [-0.4, -0.2) is 30.3 Å². The van der Waals surface area contributed by atoms with Crippen LogP contribution in [0.15, 0.2) is 18.2 Å². The number of unbranched alkanes of at least 4 members (excludes halogenated alkanes) is 5. The number of hydrogen-bond acceptors (Lipinski definition) is 4. The molecule has 2 rings (SSSR count). The Morgan fingerprint density at radius 2 is 2.00 bits per heavy atom. The van der Waals surface area contributed by atoms with Crippen molar-refractivity contribution in [1.29, 1.82) is 0 Å². The fourth-order valence-corrected chi connectivity index (χ4v) is 4.05. The van der Waals surface area contributed by atoms with E-state index in [1.54, 1.807) is 0 Å². The first-order valence-electron chi connectivity index (χ1n) is 10.2. The number of aryl methyl sites for hydroxylation is 2. The van der Waals surface area contributed by atoms with Gasteiger partial charge in [0.15, 0.2) is 0 Å². The summed E-state index contributed by atoms with van der Waals surface area (Å²) in [6, 6.07) is 6.83. The van der Waals surface area contributed by atoms with Gasteiger partial charge in [0.1, 0.15) is 6.61 Å². The van der Waals surface area contributed by atoms with Crippen LogP contribution >= 0.6 is 0 Å². The van der Waals surface area contributed by atoms with Crippen LogP contribution in [0.4, 0.5) is 0 Å². The van der Waals surface area contributed by atoms with Gasteiger partial charge in [-0.1, -0.05) is 57.2 Å². The standard InChI is InChI=1S/C22H35NO3/c1-2-3-4-5-6-7-8-18-9-10-20-14-21(12-11-19(20)13-18)22(23,15-24)16-26-17-25/h9-10,13,17,21,24H,2-8,11-12,14-16,23H2,1H3. The Bertz CT molecular complexity index is 560. The van der Waals surface area contributed by atoms with Crippen LogP contribution in [-0.2, 0) is 28.8 Å². The topological polar surface area (TPSA) is 72.6 Å². The molecule has 3 N–H and O–H groups in total. The van der Waals surface area contributed by atoms with E-state index in [4.69, 9.17) is 10.5 Å². The van der Waals surface area contributed by atoms with Crippen molar-refractivity contribution in [3.8, 4) is 0 Å². The molecule has 2 unspecified atom stereocenters. The van der Waals surface area contributed by atoms with Crippen molar-refractivity contribution >= 4 is 6.47 Å². The average molecular weight is 362 g/mol. The number of aliphatic hydroxyl groups excluding tert-OH is 1. The van der Waals surface area contributed by atoms with E-state index >= 15 is 0 Å². The van der Waals surface area contributed by atoms with Crippen LogP contribution in [0.5, 0.6) is 0 Å². The van der Waals surface area contributed by atoms with Gasteiger partial charge in [-0.3, -0.25) is 4.79 Å². The van der Waals surface area contributed by atoms with E-state index in [-0.39, 0.29) is 19.1 Å². The third kappa shape index (κ3) is 5.82. The molecule has 0 bridgehead atoms. The first-order valence-corrected chi connectivity index (χ1v) is 10.2. The molecule has 0 saturated heterocycles. The molecule has 4 heteroatoms. The summed E-state index contributed by atoms with van der Waals surface area (Å²) >= 11 is 0. The Labute approximate surface area is 158 Å². The van der Waals surface area contributed by atoms with Crippen molar-refractivity contribution in [1.82, 2.24) is 0 Å². The molecule has 1 aromatic carbocycles. The third-order valence-electron chi connectivity index (χ3n) is 5.85. The van der Waals surface area contributed by atoms with Crippen molar-refractivity contribution in [3.63, 3.8) is 0 Å². The first kappa shape index (κ1) is 20.9. The molecular weight excluding hydrogens is 326 g/mol. The van der Waals surface area contributed by atoms with Gasteiger partial charge in [-0.25, -0.2) is 0 Å². The summed E-state index contributed by atoms with van der Waals surface area (Å²) in [5.41, 5.74) is 9.65. The summed E-state index contributed by atoms with van der Waals surface area (Å²) in [4.78, 5) is 10.5. The number of carbonyl (C=O) groups is 1. The number of aliphatic hydroxyl groups is 1. The average Bonchev–Trinajstić information content (AvgIpc) is 2.68. The van der Waals surface area contributed by atoms with E-state index in [0.29, 0.717) is 6.47 Å². The zero-order chi connectivity index (χ0) is 18.8. The van der Waals surface area contributed by atoms with Gasteiger partial charge in [-0.15, -0.1) is 0 Å². The van der Waals surface area contributed by atoms with E-state index in [1.807, 2.05) is 0 Å². The highest BCUT2D eigenvalue weighted by Gasteiger charge is 2.37. The van der Waals surface area contributed by atoms with Gasteiger partial charge in [-0.05, 0) is 54.7 Å². The minimum absolute atomic E-state index is 0.0725. The smallest absolute Gasteiger partial charge is 0.293 e. The molecular formula is C22H35NO3. The molecule has 146 valence electrons. The quantitative estimate of drug-likeness (QED) is 0.441. The van der Waals surface area contributed by atoms with Gasteiger partial charge in [0, 0.05) is 0 Å². The molecule has 0 aromatic heterocycles. The zero-order valence-corrected chi connectivity index (χ0v) is 16.2. The van der Waals surface area contributed by atoms with Gasteiger partial charge in [0.25, 0.3) is 6.47 Å². The molecule has 0 radical (unpaired) electrons. The summed E-state index contributed by atoms with van der Waals surface area (Å²) in [7, 11) is 0. The summed E-state index contributed by atoms with van der Waals surface area (Å²) in [6.07, 6.45) is 11.9. The highest BCUT2D eigenvalue weighted by molar-refractivity contribution is 5.37. The van der Waals surface area contributed by atoms with Crippen molar-refractivity contribution in [3.05, 3.63) is 34.9 Å².